The normalized spacial score (nSPS) is 15.1. The van der Waals surface area contributed by atoms with Gasteiger partial charge in [0.15, 0.2) is 0 Å². The van der Waals surface area contributed by atoms with Crippen molar-refractivity contribution in [2.24, 2.45) is 0 Å². The van der Waals surface area contributed by atoms with Crippen LogP contribution in [0.25, 0.3) is 11.3 Å². The number of amides is 1. The first-order chi connectivity index (χ1) is 13.6. The second-order valence-corrected chi connectivity index (χ2v) is 7.49. The highest BCUT2D eigenvalue weighted by Crippen LogP contribution is 2.39. The molecule has 142 valence electrons. The number of nitrogens with zero attached hydrogens (tertiary/aromatic N) is 3. The zero-order valence-electron chi connectivity index (χ0n) is 15.3. The Hall–Kier alpha value is -2.64. The van der Waals surface area contributed by atoms with Gasteiger partial charge in [-0.25, -0.2) is 4.90 Å². The highest BCUT2D eigenvalue weighted by Gasteiger charge is 2.45. The third kappa shape index (κ3) is 2.91. The van der Waals surface area contributed by atoms with E-state index >= 15 is 0 Å². The van der Waals surface area contributed by atoms with Crippen LogP contribution < -0.4 is 15.1 Å². The molecular formula is C20H18ClN4O2S+. The molecule has 0 bridgehead atoms. The molecule has 1 aliphatic rings. The molecule has 8 heteroatoms. The number of thioether (sulfide) groups is 1. The molecule has 1 aliphatic heterocycles. The summed E-state index contributed by atoms with van der Waals surface area (Å²) >= 11 is 7.84. The summed E-state index contributed by atoms with van der Waals surface area (Å²) in [5, 5.41) is 5.60. The molecule has 1 unspecified atom stereocenters. The first kappa shape index (κ1) is 18.7. The summed E-state index contributed by atoms with van der Waals surface area (Å²) in [6, 6.07) is 14.7. The quantitative estimate of drug-likeness (QED) is 0.527. The van der Waals surface area contributed by atoms with E-state index in [0.29, 0.717) is 39.1 Å². The van der Waals surface area contributed by atoms with Crippen molar-refractivity contribution in [3.8, 4) is 11.3 Å². The van der Waals surface area contributed by atoms with Crippen molar-refractivity contribution >= 4 is 35.0 Å². The zero-order chi connectivity index (χ0) is 19.8. The molecule has 0 aliphatic carbocycles. The zero-order valence-corrected chi connectivity index (χ0v) is 16.9. The molecule has 28 heavy (non-hydrogen) atoms. The van der Waals surface area contributed by atoms with Crippen LogP contribution in [0.1, 0.15) is 25.1 Å². The van der Waals surface area contributed by atoms with E-state index in [2.05, 4.69) is 10.1 Å². The Labute approximate surface area is 171 Å². The predicted molar refractivity (Wildman–Crippen MR) is 110 cm³/mol. The Balaban J connectivity index is 2.12. The molecule has 3 aromatic rings. The molecule has 2 aromatic carbocycles. The second-order valence-electron chi connectivity index (χ2n) is 6.29. The Morgan fingerprint density at radius 2 is 1.96 bits per heavy atom. The van der Waals surface area contributed by atoms with Gasteiger partial charge in [0, 0.05) is 11.5 Å². The van der Waals surface area contributed by atoms with Crippen LogP contribution in [0, 0.1) is 0 Å². The molecule has 1 aromatic heterocycles. The second kappa shape index (κ2) is 7.41. The van der Waals surface area contributed by atoms with Crippen molar-refractivity contribution in [3.05, 3.63) is 69.5 Å². The molecule has 2 heterocycles. The van der Waals surface area contributed by atoms with E-state index in [0.717, 1.165) is 0 Å². The summed E-state index contributed by atoms with van der Waals surface area (Å²) in [6.07, 6.45) is 1.49. The first-order valence-corrected chi connectivity index (χ1v) is 10.4. The molecule has 1 atom stereocenters. The average Bonchev–Trinajstić information content (AvgIpc) is 2.72. The summed E-state index contributed by atoms with van der Waals surface area (Å²) in [5.74, 6) is -0.0803. The third-order valence-electron chi connectivity index (χ3n) is 4.71. The number of aromatic nitrogens is 3. The highest BCUT2D eigenvalue weighted by molar-refractivity contribution is 7.98. The van der Waals surface area contributed by atoms with Gasteiger partial charge in [-0.2, -0.15) is 0 Å². The van der Waals surface area contributed by atoms with Crippen molar-refractivity contribution in [2.45, 2.75) is 24.7 Å². The van der Waals surface area contributed by atoms with Gasteiger partial charge in [-0.3, -0.25) is 14.6 Å². The van der Waals surface area contributed by atoms with Crippen LogP contribution in [0.4, 0.5) is 5.69 Å². The molecule has 4 rings (SSSR count). The third-order valence-corrected chi connectivity index (χ3v) is 5.62. The molecule has 1 N–H and O–H groups in total. The lowest BCUT2D eigenvalue weighted by Gasteiger charge is -2.32. The van der Waals surface area contributed by atoms with Crippen molar-refractivity contribution in [1.82, 2.24) is 10.1 Å². The number of anilines is 1. The van der Waals surface area contributed by atoms with E-state index < -0.39 is 6.17 Å². The summed E-state index contributed by atoms with van der Waals surface area (Å²) in [4.78, 5) is 30.5. The summed E-state index contributed by atoms with van der Waals surface area (Å²) in [6.45, 7) is 1.81. The molecule has 0 fully saturated rings. The van der Waals surface area contributed by atoms with Gasteiger partial charge in [-0.1, -0.05) is 54.6 Å². The van der Waals surface area contributed by atoms with E-state index in [1.165, 1.54) is 11.8 Å². The van der Waals surface area contributed by atoms with Crippen LogP contribution in [0.15, 0.2) is 58.5 Å². The average molecular weight is 414 g/mol. The maximum atomic E-state index is 13.0. The van der Waals surface area contributed by atoms with E-state index in [9.17, 15) is 9.59 Å². The lowest BCUT2D eigenvalue weighted by atomic mass is 10.0. The molecule has 0 saturated carbocycles. The van der Waals surface area contributed by atoms with Gasteiger partial charge in [-0.15, -0.1) is 0 Å². The van der Waals surface area contributed by atoms with Gasteiger partial charge in [0.1, 0.15) is 0 Å². The monoisotopic (exact) mass is 413 g/mol. The fourth-order valence-corrected chi connectivity index (χ4v) is 4.07. The van der Waals surface area contributed by atoms with E-state index in [-0.39, 0.29) is 11.5 Å². The van der Waals surface area contributed by atoms with Gasteiger partial charge in [0.25, 0.3) is 6.17 Å². The topological polar surface area (TPSA) is 69.9 Å². The fourth-order valence-electron chi connectivity index (χ4n) is 3.47. The van der Waals surface area contributed by atoms with Crippen molar-refractivity contribution < 1.29 is 9.48 Å². The highest BCUT2D eigenvalue weighted by atomic mass is 35.5. The van der Waals surface area contributed by atoms with Crippen LogP contribution in [-0.4, -0.2) is 22.2 Å². The number of carbonyl (C=O) groups is 1. The van der Waals surface area contributed by atoms with Crippen molar-refractivity contribution in [2.75, 3.05) is 11.2 Å². The number of fused-ring (bicyclic) bond motifs is 3. The molecule has 0 radical (unpaired) electrons. The Morgan fingerprint density at radius 3 is 2.68 bits per heavy atom. The van der Waals surface area contributed by atoms with Gasteiger partial charge in [0.2, 0.25) is 11.1 Å². The maximum absolute atomic E-state index is 13.0. The Bertz CT molecular complexity index is 1130. The number of carbonyl (C=O) groups excluding carboxylic acids is 1. The predicted octanol–water partition coefficient (Wildman–Crippen LogP) is 3.40. The Morgan fingerprint density at radius 1 is 1.25 bits per heavy atom. The van der Waals surface area contributed by atoms with Gasteiger partial charge >= 0.3 is 11.3 Å². The standard InChI is InChI=1S/C20H17ClN4O2S/c1-3-16(26)24-15-11-7-5-9-13(15)17-18(27)22-20(28-2)23-25(17)19(24)12-8-4-6-10-14(12)21/h4-11,19H,3H2,1-2H3/p+1. The van der Waals surface area contributed by atoms with E-state index in [4.69, 9.17) is 11.6 Å². The fraction of sp³-hybridized carbons (Fsp3) is 0.200. The van der Waals surface area contributed by atoms with Crippen LogP contribution >= 0.6 is 23.4 Å². The lowest BCUT2D eigenvalue weighted by Crippen LogP contribution is -2.61. The minimum absolute atomic E-state index is 0.0803. The van der Waals surface area contributed by atoms with Gasteiger partial charge < -0.3 is 0 Å². The minimum atomic E-state index is -0.653. The number of hydrogen-bond acceptors (Lipinski definition) is 4. The largest absolute Gasteiger partial charge is 0.325 e. The number of benzene rings is 2. The number of nitrogens with one attached hydrogen (secondary N) is 1. The molecule has 1 amide bonds. The van der Waals surface area contributed by atoms with Gasteiger partial charge in [0.05, 0.1) is 21.8 Å². The SMILES string of the molecule is CCC(=O)N1c2ccccc2-c2c(=O)[nH]c(SC)n[n+]2C1c1ccccc1Cl. The van der Waals surface area contributed by atoms with Crippen LogP contribution in [0.2, 0.25) is 5.02 Å². The molecular weight excluding hydrogens is 396 g/mol. The van der Waals surface area contributed by atoms with Crippen LogP contribution in [0.5, 0.6) is 0 Å². The smallest absolute Gasteiger partial charge is 0.291 e. The molecule has 6 nitrogen and oxygen atoms in total. The number of halogens is 1. The van der Waals surface area contributed by atoms with Crippen molar-refractivity contribution in [1.29, 1.82) is 0 Å². The number of H-pyrrole nitrogens is 1. The summed E-state index contributed by atoms with van der Waals surface area (Å²) in [7, 11) is 0. The first-order valence-electron chi connectivity index (χ1n) is 8.82. The van der Waals surface area contributed by atoms with E-state index in [1.54, 1.807) is 15.6 Å². The summed E-state index contributed by atoms with van der Waals surface area (Å²) in [5.41, 5.74) is 2.18. The lowest BCUT2D eigenvalue weighted by molar-refractivity contribution is -0.763. The molecule has 0 spiro atoms. The van der Waals surface area contributed by atoms with Crippen LogP contribution in [-0.2, 0) is 4.79 Å². The minimum Gasteiger partial charge on any atom is -0.291 e. The number of rotatable bonds is 3. The Kier molecular flexibility index (Phi) is 4.95. The summed E-state index contributed by atoms with van der Waals surface area (Å²) < 4.78 is 1.61. The molecule has 0 saturated heterocycles. The number of hydrogen-bond donors (Lipinski definition) is 1. The number of aromatic amines is 1. The van der Waals surface area contributed by atoms with Crippen molar-refractivity contribution in [3.63, 3.8) is 0 Å². The number of para-hydroxylation sites is 1. The van der Waals surface area contributed by atoms with E-state index in [1.807, 2.05) is 55.6 Å². The van der Waals surface area contributed by atoms with Gasteiger partial charge in [-0.05, 0) is 35.2 Å². The maximum Gasteiger partial charge on any atom is 0.325 e. The van der Waals surface area contributed by atoms with Crippen LogP contribution in [0.3, 0.4) is 0 Å².